The topological polar surface area (TPSA) is 94.1 Å². The Labute approximate surface area is 167 Å². The summed E-state index contributed by atoms with van der Waals surface area (Å²) in [6, 6.07) is 5.88. The van der Waals surface area contributed by atoms with Gasteiger partial charge in [0.25, 0.3) is 0 Å². The summed E-state index contributed by atoms with van der Waals surface area (Å²) in [7, 11) is 0. The molecule has 2 saturated heterocycles. The van der Waals surface area contributed by atoms with Crippen molar-refractivity contribution in [1.29, 1.82) is 0 Å². The second-order valence-electron chi connectivity index (χ2n) is 7.23. The van der Waals surface area contributed by atoms with Gasteiger partial charge >= 0.3 is 0 Å². The molecule has 0 unspecified atom stereocenters. The number of fused-ring (bicyclic) bond motifs is 1. The standard InChI is InChI=1S/C19H22ClN7O/c20-12-2-3-14-15(10-12)27(11-22-14)19-24-17(23-13-4-8-28-9-5-13)16(21)18(25-19)26-6-1-7-26/h2-3,10-11,13H,1,4-9,21H2,(H,23,24,25). The average molecular weight is 400 g/mol. The van der Waals surface area contributed by atoms with Crippen molar-refractivity contribution in [2.24, 2.45) is 0 Å². The molecule has 5 rings (SSSR count). The van der Waals surface area contributed by atoms with Crippen LogP contribution in [0.2, 0.25) is 5.02 Å². The maximum atomic E-state index is 6.46. The largest absolute Gasteiger partial charge is 0.393 e. The highest BCUT2D eigenvalue weighted by molar-refractivity contribution is 6.31. The maximum absolute atomic E-state index is 6.46. The van der Waals surface area contributed by atoms with E-state index in [0.717, 1.165) is 62.4 Å². The molecular weight excluding hydrogens is 378 g/mol. The number of halogens is 1. The predicted octanol–water partition coefficient (Wildman–Crippen LogP) is 2.85. The first-order valence-electron chi connectivity index (χ1n) is 9.59. The smallest absolute Gasteiger partial charge is 0.239 e. The van der Waals surface area contributed by atoms with Crippen LogP contribution in [-0.2, 0) is 4.74 Å². The van der Waals surface area contributed by atoms with Crippen molar-refractivity contribution in [1.82, 2.24) is 19.5 Å². The summed E-state index contributed by atoms with van der Waals surface area (Å²) in [5.74, 6) is 1.98. The molecule has 2 fully saturated rings. The molecule has 0 atom stereocenters. The summed E-state index contributed by atoms with van der Waals surface area (Å²) < 4.78 is 7.32. The van der Waals surface area contributed by atoms with Gasteiger partial charge in [-0.25, -0.2) is 4.98 Å². The molecule has 28 heavy (non-hydrogen) atoms. The number of anilines is 3. The molecule has 2 aliphatic rings. The van der Waals surface area contributed by atoms with Gasteiger partial charge in [-0.05, 0) is 37.5 Å². The van der Waals surface area contributed by atoms with Gasteiger partial charge in [-0.15, -0.1) is 0 Å². The van der Waals surface area contributed by atoms with E-state index in [2.05, 4.69) is 15.2 Å². The SMILES string of the molecule is Nc1c(NC2CCOCC2)nc(-n2cnc3ccc(Cl)cc32)nc1N1CCC1. The maximum Gasteiger partial charge on any atom is 0.239 e. The van der Waals surface area contributed by atoms with E-state index in [1.165, 1.54) is 0 Å². The zero-order chi connectivity index (χ0) is 19.1. The highest BCUT2D eigenvalue weighted by atomic mass is 35.5. The van der Waals surface area contributed by atoms with Crippen LogP contribution >= 0.6 is 11.6 Å². The number of imidazole rings is 1. The molecule has 0 saturated carbocycles. The Morgan fingerprint density at radius 1 is 1.18 bits per heavy atom. The van der Waals surface area contributed by atoms with Crippen molar-refractivity contribution < 1.29 is 4.74 Å². The number of nitrogens with one attached hydrogen (secondary N) is 1. The number of nitrogens with two attached hydrogens (primary N) is 1. The molecular formula is C19H22ClN7O. The number of hydrogen-bond donors (Lipinski definition) is 2. The molecule has 0 amide bonds. The highest BCUT2D eigenvalue weighted by Gasteiger charge is 2.24. The fourth-order valence-electron chi connectivity index (χ4n) is 3.61. The lowest BCUT2D eigenvalue weighted by Gasteiger charge is -2.34. The van der Waals surface area contributed by atoms with Crippen LogP contribution in [0.4, 0.5) is 17.3 Å². The van der Waals surface area contributed by atoms with Gasteiger partial charge in [-0.3, -0.25) is 4.57 Å². The first-order chi connectivity index (χ1) is 13.7. The van der Waals surface area contributed by atoms with Crippen LogP contribution in [0.25, 0.3) is 17.0 Å². The summed E-state index contributed by atoms with van der Waals surface area (Å²) in [6.07, 6.45) is 4.73. The van der Waals surface area contributed by atoms with Gasteiger partial charge in [0.2, 0.25) is 5.95 Å². The van der Waals surface area contributed by atoms with Crippen LogP contribution in [0.15, 0.2) is 24.5 Å². The summed E-state index contributed by atoms with van der Waals surface area (Å²) in [5, 5.41) is 4.16. The average Bonchev–Trinajstić information content (AvgIpc) is 3.07. The molecule has 0 bridgehead atoms. The Kier molecular flexibility index (Phi) is 4.44. The predicted molar refractivity (Wildman–Crippen MR) is 110 cm³/mol. The van der Waals surface area contributed by atoms with E-state index in [1.807, 2.05) is 22.8 Å². The lowest BCUT2D eigenvalue weighted by Crippen LogP contribution is -2.39. The zero-order valence-corrected chi connectivity index (χ0v) is 16.2. The number of ether oxygens (including phenoxy) is 1. The third kappa shape index (κ3) is 3.12. The molecule has 2 aliphatic heterocycles. The highest BCUT2D eigenvalue weighted by Crippen LogP contribution is 2.33. The fourth-order valence-corrected chi connectivity index (χ4v) is 3.77. The van der Waals surface area contributed by atoms with Crippen molar-refractivity contribution in [3.8, 4) is 5.95 Å². The van der Waals surface area contributed by atoms with Gasteiger partial charge in [0.15, 0.2) is 11.6 Å². The monoisotopic (exact) mass is 399 g/mol. The van der Waals surface area contributed by atoms with Crippen molar-refractivity contribution in [2.75, 3.05) is 42.3 Å². The van der Waals surface area contributed by atoms with E-state index in [4.69, 9.17) is 32.0 Å². The Morgan fingerprint density at radius 2 is 2.00 bits per heavy atom. The van der Waals surface area contributed by atoms with Crippen LogP contribution < -0.4 is 16.0 Å². The lowest BCUT2D eigenvalue weighted by atomic mass is 10.1. The van der Waals surface area contributed by atoms with Crippen molar-refractivity contribution in [3.63, 3.8) is 0 Å². The third-order valence-corrected chi connectivity index (χ3v) is 5.59. The lowest BCUT2D eigenvalue weighted by molar-refractivity contribution is 0.0904. The zero-order valence-electron chi connectivity index (χ0n) is 15.4. The third-order valence-electron chi connectivity index (χ3n) is 5.36. The van der Waals surface area contributed by atoms with E-state index in [1.54, 1.807) is 6.33 Å². The summed E-state index contributed by atoms with van der Waals surface area (Å²) in [6.45, 7) is 3.40. The van der Waals surface area contributed by atoms with Crippen molar-refractivity contribution in [2.45, 2.75) is 25.3 Å². The molecule has 4 heterocycles. The number of aromatic nitrogens is 4. The van der Waals surface area contributed by atoms with Gasteiger partial charge in [-0.2, -0.15) is 9.97 Å². The first-order valence-corrected chi connectivity index (χ1v) is 9.96. The molecule has 1 aromatic carbocycles. The molecule has 2 aromatic heterocycles. The fraction of sp³-hybridized carbons (Fsp3) is 0.421. The minimum atomic E-state index is 0.289. The quantitative estimate of drug-likeness (QED) is 0.696. The molecule has 0 radical (unpaired) electrons. The number of nitrogen functional groups attached to an aromatic ring is 1. The van der Waals surface area contributed by atoms with E-state index >= 15 is 0 Å². The molecule has 0 aliphatic carbocycles. The van der Waals surface area contributed by atoms with E-state index < -0.39 is 0 Å². The molecule has 9 heteroatoms. The van der Waals surface area contributed by atoms with Crippen LogP contribution in [0.1, 0.15) is 19.3 Å². The summed E-state index contributed by atoms with van der Waals surface area (Å²) in [4.78, 5) is 16.2. The number of nitrogens with zero attached hydrogens (tertiary/aromatic N) is 5. The van der Waals surface area contributed by atoms with E-state index in [9.17, 15) is 0 Å². The Morgan fingerprint density at radius 3 is 2.75 bits per heavy atom. The Balaban J connectivity index is 1.60. The van der Waals surface area contributed by atoms with E-state index in [-0.39, 0.29) is 6.04 Å². The molecule has 8 nitrogen and oxygen atoms in total. The van der Waals surface area contributed by atoms with Crippen molar-refractivity contribution in [3.05, 3.63) is 29.5 Å². The van der Waals surface area contributed by atoms with Crippen LogP contribution in [0.3, 0.4) is 0 Å². The van der Waals surface area contributed by atoms with Crippen LogP contribution in [0, 0.1) is 0 Å². The minimum absolute atomic E-state index is 0.289. The van der Waals surface area contributed by atoms with Gasteiger partial charge < -0.3 is 20.7 Å². The first kappa shape index (κ1) is 17.5. The number of hydrogen-bond acceptors (Lipinski definition) is 7. The Bertz CT molecular complexity index is 1010. The molecule has 3 N–H and O–H groups in total. The minimum Gasteiger partial charge on any atom is -0.393 e. The second kappa shape index (κ2) is 7.10. The van der Waals surface area contributed by atoms with Gasteiger partial charge in [0, 0.05) is 37.4 Å². The molecule has 146 valence electrons. The summed E-state index contributed by atoms with van der Waals surface area (Å²) >= 11 is 6.20. The summed E-state index contributed by atoms with van der Waals surface area (Å²) in [5.41, 5.74) is 8.76. The van der Waals surface area contributed by atoms with Gasteiger partial charge in [-0.1, -0.05) is 11.6 Å². The molecule has 0 spiro atoms. The number of benzene rings is 1. The normalized spacial score (nSPS) is 17.7. The van der Waals surface area contributed by atoms with Crippen LogP contribution in [-0.4, -0.2) is 51.9 Å². The molecule has 3 aromatic rings. The van der Waals surface area contributed by atoms with Gasteiger partial charge in [0.1, 0.15) is 12.0 Å². The van der Waals surface area contributed by atoms with Crippen molar-refractivity contribution >= 4 is 40.0 Å². The Hall–Kier alpha value is -2.58. The number of rotatable bonds is 4. The van der Waals surface area contributed by atoms with Gasteiger partial charge in [0.05, 0.1) is 11.0 Å². The van der Waals surface area contributed by atoms with E-state index in [0.29, 0.717) is 22.5 Å². The van der Waals surface area contributed by atoms with Crippen LogP contribution in [0.5, 0.6) is 0 Å². The second-order valence-corrected chi connectivity index (χ2v) is 7.67.